The second-order valence-electron chi connectivity index (χ2n) is 21.0. The van der Waals surface area contributed by atoms with Crippen LogP contribution in [0.5, 0.6) is 0 Å². The fraction of sp³-hybridized carbons (Fsp3) is 0.708. The number of fused-ring (bicyclic) bond motifs is 1. The van der Waals surface area contributed by atoms with E-state index < -0.39 is 198 Å². The Labute approximate surface area is 519 Å². The van der Waals surface area contributed by atoms with E-state index in [4.69, 9.17) is 0 Å². The Hall–Kier alpha value is -6.63. The summed E-state index contributed by atoms with van der Waals surface area (Å²) in [4.78, 5) is 84.0. The molecule has 1 fully saturated rings. The van der Waals surface area contributed by atoms with Crippen LogP contribution in [0.3, 0.4) is 0 Å². The molecular weight excluding hydrogens is 1410 g/mol. The molecule has 1 atom stereocenters. The van der Waals surface area contributed by atoms with Crippen LogP contribution >= 0.6 is 0 Å². The lowest BCUT2D eigenvalue weighted by Gasteiger charge is -2.45. The summed E-state index contributed by atoms with van der Waals surface area (Å²) in [6.45, 7) is -23.4. The Morgan fingerprint density at radius 2 is 0.750 bits per heavy atom. The molecule has 2 heterocycles. The third-order valence-corrected chi connectivity index (χ3v) is 13.9. The zero-order valence-corrected chi connectivity index (χ0v) is 48.0. The number of carboxylic acid groups (broad SMARTS) is 3. The minimum Gasteiger partial charge on any atom is -0.480 e. The summed E-state index contributed by atoms with van der Waals surface area (Å²) in [7, 11) is 0. The average Bonchev–Trinajstić information content (AvgIpc) is 0.831. The van der Waals surface area contributed by atoms with Gasteiger partial charge in [-0.3, -0.25) is 48.4 Å². The Morgan fingerprint density at radius 3 is 1.07 bits per heavy atom. The molecular formula is C48H53F27N8O13. The highest BCUT2D eigenvalue weighted by molar-refractivity contribution is 5.90. The highest BCUT2D eigenvalue weighted by Crippen LogP contribution is 2.59. The first kappa shape index (κ1) is 83.6. The molecule has 1 unspecified atom stereocenters. The number of halogens is 27. The van der Waals surface area contributed by atoms with Gasteiger partial charge >= 0.3 is 90.3 Å². The second kappa shape index (κ2) is 31.5. The average molecular weight is 1460 g/mol. The van der Waals surface area contributed by atoms with Crippen molar-refractivity contribution >= 4 is 46.5 Å². The summed E-state index contributed by atoms with van der Waals surface area (Å²) in [5.41, 5.74) is -29.0. The molecule has 7 N–H and O–H groups in total. The highest BCUT2D eigenvalue weighted by Gasteiger charge is 2.89. The molecule has 48 heteroatoms. The molecule has 21 nitrogen and oxygen atoms in total. The minimum atomic E-state index is -8.21. The van der Waals surface area contributed by atoms with Gasteiger partial charge in [-0.2, -0.15) is 119 Å². The molecule has 0 spiro atoms. The number of hydrogen-bond donors (Lipinski definition) is 7. The number of nitrogens with zero attached hydrogens (tertiary/aromatic N) is 4. The van der Waals surface area contributed by atoms with E-state index in [1.807, 2.05) is 0 Å². The monoisotopic (exact) mass is 1460 g/mol. The molecule has 1 aromatic carbocycles. The number of aromatic amines is 1. The van der Waals surface area contributed by atoms with Crippen LogP contribution in [0.1, 0.15) is 5.56 Å². The van der Waals surface area contributed by atoms with Crippen LogP contribution in [0.15, 0.2) is 30.5 Å². The number of para-hydroxylation sites is 1. The number of aromatic nitrogens is 1. The zero-order valence-electron chi connectivity index (χ0n) is 48.0. The van der Waals surface area contributed by atoms with Crippen molar-refractivity contribution in [1.82, 2.24) is 40.5 Å². The first-order chi connectivity index (χ1) is 43.4. The van der Waals surface area contributed by atoms with E-state index in [1.54, 1.807) is 17.4 Å². The van der Waals surface area contributed by atoms with Crippen LogP contribution in [0.4, 0.5) is 119 Å². The molecule has 2 aromatic rings. The van der Waals surface area contributed by atoms with Crippen molar-refractivity contribution in [2.45, 2.75) is 84.9 Å². The molecule has 3 rings (SSSR count). The summed E-state index contributed by atoms with van der Waals surface area (Å²) < 4.78 is 390. The second-order valence-corrected chi connectivity index (χ2v) is 21.0. The van der Waals surface area contributed by atoms with E-state index in [-0.39, 0.29) is 57.9 Å². The predicted molar refractivity (Wildman–Crippen MR) is 262 cm³/mol. The van der Waals surface area contributed by atoms with Gasteiger partial charge in [-0.25, -0.2) is 0 Å². The van der Waals surface area contributed by atoms with Crippen LogP contribution in [0.25, 0.3) is 10.9 Å². The number of aliphatic carboxylic acids is 3. The molecule has 552 valence electrons. The molecule has 0 saturated carbocycles. The van der Waals surface area contributed by atoms with E-state index in [9.17, 15) is 163 Å². The quantitative estimate of drug-likeness (QED) is 0.0368. The SMILES string of the molecule is O=C(O)CN1CCN(CC(=O)O)CCN(CC(=O)NC(Cc2c[nH]c3ccccc23)C(=O)NCCNC(=O)COCC(COC(C(F)(F)F)(C(F)(F)F)C(F)(F)F)(COC(C(F)(F)F)(C(F)(F)F)C(F)(F)F)COC(C(F)(F)F)(C(F)(F)F)C(F)(F)F)CCN(CC(=O)O)CC1. The van der Waals surface area contributed by atoms with Crippen molar-refractivity contribution in [3.05, 3.63) is 36.0 Å². The van der Waals surface area contributed by atoms with Crippen molar-refractivity contribution in [2.24, 2.45) is 5.41 Å². The minimum absolute atomic E-state index is 0.0342. The number of carboxylic acids is 3. The van der Waals surface area contributed by atoms with Crippen LogP contribution < -0.4 is 16.0 Å². The molecule has 1 aliphatic heterocycles. The number of hydrogen-bond acceptors (Lipinski definition) is 14. The van der Waals surface area contributed by atoms with Crippen molar-refractivity contribution < 1.29 is 182 Å². The third kappa shape index (κ3) is 20.7. The van der Waals surface area contributed by atoms with Gasteiger partial charge in [0.1, 0.15) is 12.6 Å². The van der Waals surface area contributed by atoms with Gasteiger partial charge in [-0.05, 0) is 11.6 Å². The van der Waals surface area contributed by atoms with Crippen molar-refractivity contribution in [1.29, 1.82) is 0 Å². The van der Waals surface area contributed by atoms with Gasteiger partial charge < -0.3 is 55.2 Å². The van der Waals surface area contributed by atoms with Crippen molar-refractivity contribution in [3.8, 4) is 0 Å². The maximum Gasteiger partial charge on any atom is 0.435 e. The summed E-state index contributed by atoms with van der Waals surface area (Å²) in [5, 5.41) is 35.1. The number of H-pyrrole nitrogens is 1. The number of nitrogens with one attached hydrogen (secondary N) is 4. The van der Waals surface area contributed by atoms with Crippen LogP contribution in [-0.4, -0.2) is 279 Å². The zero-order chi connectivity index (χ0) is 73.9. The normalized spacial score (nSPS) is 16.8. The molecule has 1 aromatic heterocycles. The van der Waals surface area contributed by atoms with Gasteiger partial charge in [0.15, 0.2) is 0 Å². The van der Waals surface area contributed by atoms with Crippen LogP contribution in [-0.2, 0) is 54.1 Å². The van der Waals surface area contributed by atoms with Gasteiger partial charge in [0.25, 0.3) is 0 Å². The number of benzene rings is 1. The first-order valence-electron chi connectivity index (χ1n) is 26.5. The number of alkyl halides is 27. The Kier molecular flexibility index (Phi) is 27.4. The van der Waals surface area contributed by atoms with Gasteiger partial charge in [0, 0.05) is 89.0 Å². The van der Waals surface area contributed by atoms with E-state index >= 15 is 0 Å². The maximum absolute atomic E-state index is 14.0. The lowest BCUT2D eigenvalue weighted by Crippen LogP contribution is -2.71. The molecule has 0 aliphatic carbocycles. The lowest BCUT2D eigenvalue weighted by atomic mass is 9.89. The van der Waals surface area contributed by atoms with Crippen molar-refractivity contribution in [2.75, 3.05) is 125 Å². The number of ether oxygens (including phenoxy) is 4. The largest absolute Gasteiger partial charge is 0.480 e. The topological polar surface area (TPSA) is 265 Å². The fourth-order valence-corrected chi connectivity index (χ4v) is 9.10. The first-order valence-corrected chi connectivity index (χ1v) is 26.5. The van der Waals surface area contributed by atoms with E-state index in [1.165, 1.54) is 37.9 Å². The number of rotatable bonds is 28. The summed E-state index contributed by atoms with van der Waals surface area (Å²) in [6, 6.07) is 4.46. The van der Waals surface area contributed by atoms with E-state index in [0.717, 1.165) is 0 Å². The van der Waals surface area contributed by atoms with Gasteiger partial charge in [0.2, 0.25) is 17.7 Å². The van der Waals surface area contributed by atoms with Crippen molar-refractivity contribution in [3.63, 3.8) is 0 Å². The Balaban J connectivity index is 2.07. The smallest absolute Gasteiger partial charge is 0.435 e. The summed E-state index contributed by atoms with van der Waals surface area (Å²) in [5.74, 6) is -8.15. The maximum atomic E-state index is 14.0. The Bertz CT molecular complexity index is 2660. The lowest BCUT2D eigenvalue weighted by molar-refractivity contribution is -0.474. The van der Waals surface area contributed by atoms with Crippen LogP contribution in [0, 0.1) is 5.41 Å². The summed E-state index contributed by atoms with van der Waals surface area (Å²) in [6.07, 6.45) is -72.9. The number of carbonyl (C=O) groups is 6. The molecule has 0 radical (unpaired) electrons. The standard InChI is InChI=1S/C48H53F27N8O13/c49-40(50,51)37(41(52,53)54,42(55,56)57)94-23-36(24-95-38(43(58,59)60,44(61,62)63)45(64,65)66,25-96-39(46(67,68)69,47(70,71)72)48(73,74)75)22-93-21-31(85)76-5-6-77-35(92)29(15-26-16-78-28-4-2-1-3-27(26)28)79-30(84)17-80-7-9-81(18-32(86)87)11-13-83(20-34(90)91)14-12-82(10-8-80)19-33(88)89/h1-4,16,29,78H,5-15,17-25H2,(H,76,85)(H,77,92)(H,79,84)(H,86,87)(H,88,89)(H,90,91). The van der Waals surface area contributed by atoms with Gasteiger partial charge in [0.05, 0.1) is 58.0 Å². The van der Waals surface area contributed by atoms with E-state index in [2.05, 4.69) is 34.6 Å². The van der Waals surface area contributed by atoms with Gasteiger partial charge in [-0.1, -0.05) is 18.2 Å². The molecule has 3 amide bonds. The molecule has 1 saturated heterocycles. The predicted octanol–water partition coefficient (Wildman–Crippen LogP) is 6.23. The molecule has 0 bridgehead atoms. The van der Waals surface area contributed by atoms with Gasteiger partial charge in [-0.15, -0.1) is 0 Å². The fourth-order valence-electron chi connectivity index (χ4n) is 9.10. The number of amides is 3. The number of carbonyl (C=O) groups excluding carboxylic acids is 3. The Morgan fingerprint density at radius 1 is 0.438 bits per heavy atom. The molecule has 1 aliphatic rings. The third-order valence-electron chi connectivity index (χ3n) is 13.9. The summed E-state index contributed by atoms with van der Waals surface area (Å²) >= 11 is 0. The van der Waals surface area contributed by atoms with Crippen LogP contribution in [0.2, 0.25) is 0 Å². The highest BCUT2D eigenvalue weighted by atomic mass is 19.5. The molecule has 96 heavy (non-hydrogen) atoms. The van der Waals surface area contributed by atoms with E-state index in [0.29, 0.717) is 10.9 Å².